The molecule has 6 nitrogen and oxygen atoms in total. The first-order chi connectivity index (χ1) is 13.5. The zero-order chi connectivity index (χ0) is 19.9. The number of amides is 1. The van der Waals surface area contributed by atoms with Crippen LogP contribution in [-0.4, -0.2) is 28.2 Å². The summed E-state index contributed by atoms with van der Waals surface area (Å²) in [5, 5.41) is 6.55. The van der Waals surface area contributed by atoms with Crippen molar-refractivity contribution in [2.45, 2.75) is 13.3 Å². The van der Waals surface area contributed by atoms with E-state index in [1.54, 1.807) is 18.2 Å². The van der Waals surface area contributed by atoms with Crippen molar-refractivity contribution in [1.29, 1.82) is 0 Å². The van der Waals surface area contributed by atoms with Gasteiger partial charge in [-0.3, -0.25) is 9.59 Å². The third-order valence-electron chi connectivity index (χ3n) is 4.05. The number of ketones is 1. The van der Waals surface area contributed by atoms with Gasteiger partial charge in [0.1, 0.15) is 0 Å². The van der Waals surface area contributed by atoms with Crippen molar-refractivity contribution in [3.8, 4) is 0 Å². The SMILES string of the molecule is CC(=O)c1cccc(Nc2ncc(C(=O)NCCc3ccc(Cl)cc3)cn2)c1. The van der Waals surface area contributed by atoms with Gasteiger partial charge in [-0.05, 0) is 43.2 Å². The lowest BCUT2D eigenvalue weighted by atomic mass is 10.1. The van der Waals surface area contributed by atoms with Gasteiger partial charge in [0, 0.05) is 35.2 Å². The average Bonchev–Trinajstić information content (AvgIpc) is 2.70. The Morgan fingerprint density at radius 2 is 1.71 bits per heavy atom. The highest BCUT2D eigenvalue weighted by atomic mass is 35.5. The van der Waals surface area contributed by atoms with Crippen LogP contribution in [0.15, 0.2) is 60.9 Å². The van der Waals surface area contributed by atoms with Crippen LogP contribution in [0.4, 0.5) is 11.6 Å². The van der Waals surface area contributed by atoms with Gasteiger partial charge in [-0.1, -0.05) is 35.9 Å². The van der Waals surface area contributed by atoms with Gasteiger partial charge in [-0.25, -0.2) is 9.97 Å². The van der Waals surface area contributed by atoms with Crippen LogP contribution in [0.1, 0.15) is 33.2 Å². The second-order valence-corrected chi connectivity index (χ2v) is 6.63. The molecule has 0 saturated heterocycles. The summed E-state index contributed by atoms with van der Waals surface area (Å²) in [5.74, 6) is 0.0905. The molecule has 0 spiro atoms. The number of carbonyl (C=O) groups is 2. The van der Waals surface area contributed by atoms with Crippen molar-refractivity contribution in [1.82, 2.24) is 15.3 Å². The number of nitrogens with zero attached hydrogens (tertiary/aromatic N) is 2. The molecule has 28 heavy (non-hydrogen) atoms. The smallest absolute Gasteiger partial charge is 0.254 e. The van der Waals surface area contributed by atoms with E-state index in [0.29, 0.717) is 40.8 Å². The first-order valence-electron chi connectivity index (χ1n) is 8.74. The summed E-state index contributed by atoms with van der Waals surface area (Å²) in [6.07, 6.45) is 3.62. The van der Waals surface area contributed by atoms with E-state index < -0.39 is 0 Å². The third kappa shape index (κ3) is 5.37. The number of hydrogen-bond donors (Lipinski definition) is 2. The zero-order valence-electron chi connectivity index (χ0n) is 15.3. The van der Waals surface area contributed by atoms with E-state index in [0.717, 1.165) is 5.56 Å². The van der Waals surface area contributed by atoms with Crippen molar-refractivity contribution >= 4 is 34.9 Å². The second-order valence-electron chi connectivity index (χ2n) is 6.19. The van der Waals surface area contributed by atoms with Crippen molar-refractivity contribution in [3.63, 3.8) is 0 Å². The van der Waals surface area contributed by atoms with Crippen LogP contribution in [0.2, 0.25) is 5.02 Å². The average molecular weight is 395 g/mol. The largest absolute Gasteiger partial charge is 0.352 e. The molecule has 142 valence electrons. The van der Waals surface area contributed by atoms with Gasteiger partial charge < -0.3 is 10.6 Å². The molecule has 0 atom stereocenters. The standard InChI is InChI=1S/C21H19ClN4O2/c1-14(27)16-3-2-4-19(11-16)26-21-24-12-17(13-25-21)20(28)23-10-9-15-5-7-18(22)8-6-15/h2-8,11-13H,9-10H2,1H3,(H,23,28)(H,24,25,26). The fourth-order valence-electron chi connectivity index (χ4n) is 2.53. The number of aromatic nitrogens is 2. The first-order valence-corrected chi connectivity index (χ1v) is 9.12. The quantitative estimate of drug-likeness (QED) is 0.590. The number of Topliss-reactive ketones (excluding diaryl/α,β-unsaturated/α-hetero) is 1. The number of nitrogens with one attached hydrogen (secondary N) is 2. The lowest BCUT2D eigenvalue weighted by Gasteiger charge is -2.08. The summed E-state index contributed by atoms with van der Waals surface area (Å²) in [4.78, 5) is 32.0. The molecule has 0 aliphatic carbocycles. The number of hydrogen-bond acceptors (Lipinski definition) is 5. The molecule has 3 aromatic rings. The van der Waals surface area contributed by atoms with E-state index in [4.69, 9.17) is 11.6 Å². The van der Waals surface area contributed by atoms with E-state index in [1.807, 2.05) is 30.3 Å². The van der Waals surface area contributed by atoms with Crippen LogP contribution in [-0.2, 0) is 6.42 Å². The van der Waals surface area contributed by atoms with Crippen molar-refractivity contribution in [3.05, 3.63) is 82.6 Å². The maximum Gasteiger partial charge on any atom is 0.254 e. The predicted octanol–water partition coefficient (Wildman–Crippen LogP) is 4.05. The summed E-state index contributed by atoms with van der Waals surface area (Å²) in [5.41, 5.74) is 2.77. The molecule has 7 heteroatoms. The normalized spacial score (nSPS) is 10.4. The number of carbonyl (C=O) groups excluding carboxylic acids is 2. The van der Waals surface area contributed by atoms with Gasteiger partial charge in [0.2, 0.25) is 5.95 Å². The highest BCUT2D eigenvalue weighted by Crippen LogP contribution is 2.15. The Labute approximate surface area is 168 Å². The number of halogens is 1. The molecule has 1 heterocycles. The van der Waals surface area contributed by atoms with Crippen molar-refractivity contribution < 1.29 is 9.59 Å². The Kier molecular flexibility index (Phi) is 6.34. The molecule has 0 unspecified atom stereocenters. The van der Waals surface area contributed by atoms with E-state index in [2.05, 4.69) is 20.6 Å². The molecular formula is C21H19ClN4O2. The summed E-state index contributed by atoms with van der Waals surface area (Å²) >= 11 is 5.86. The lowest BCUT2D eigenvalue weighted by molar-refractivity contribution is 0.0952. The van der Waals surface area contributed by atoms with Gasteiger partial charge in [0.15, 0.2) is 5.78 Å². The summed E-state index contributed by atoms with van der Waals surface area (Å²) in [6, 6.07) is 14.6. The molecule has 2 N–H and O–H groups in total. The van der Waals surface area contributed by atoms with Gasteiger partial charge >= 0.3 is 0 Å². The van der Waals surface area contributed by atoms with E-state index in [1.165, 1.54) is 19.3 Å². The summed E-state index contributed by atoms with van der Waals surface area (Å²) < 4.78 is 0. The van der Waals surface area contributed by atoms with Crippen LogP contribution < -0.4 is 10.6 Å². The Morgan fingerprint density at radius 1 is 1.00 bits per heavy atom. The second kappa shape index (κ2) is 9.10. The summed E-state index contributed by atoms with van der Waals surface area (Å²) in [6.45, 7) is 2.01. The monoisotopic (exact) mass is 394 g/mol. The molecule has 0 aliphatic rings. The molecule has 3 rings (SSSR count). The minimum atomic E-state index is -0.237. The van der Waals surface area contributed by atoms with Crippen molar-refractivity contribution in [2.75, 3.05) is 11.9 Å². The van der Waals surface area contributed by atoms with Gasteiger partial charge in [0.25, 0.3) is 5.91 Å². The van der Waals surface area contributed by atoms with Gasteiger partial charge in [0.05, 0.1) is 5.56 Å². The number of anilines is 2. The molecular weight excluding hydrogens is 376 g/mol. The van der Waals surface area contributed by atoms with E-state index >= 15 is 0 Å². The van der Waals surface area contributed by atoms with Crippen LogP contribution in [0.25, 0.3) is 0 Å². The molecule has 0 saturated carbocycles. The fourth-order valence-corrected chi connectivity index (χ4v) is 2.65. The minimum absolute atomic E-state index is 0.0183. The Bertz CT molecular complexity index is 972. The summed E-state index contributed by atoms with van der Waals surface area (Å²) in [7, 11) is 0. The number of benzene rings is 2. The van der Waals surface area contributed by atoms with Crippen LogP contribution in [0.5, 0.6) is 0 Å². The van der Waals surface area contributed by atoms with Crippen LogP contribution in [0.3, 0.4) is 0 Å². The van der Waals surface area contributed by atoms with Crippen molar-refractivity contribution in [2.24, 2.45) is 0 Å². The Morgan fingerprint density at radius 3 is 2.39 bits per heavy atom. The van der Waals surface area contributed by atoms with Crippen LogP contribution in [0, 0.1) is 0 Å². The first kappa shape index (κ1) is 19.5. The Balaban J connectivity index is 1.54. The molecule has 0 bridgehead atoms. The minimum Gasteiger partial charge on any atom is -0.352 e. The fraction of sp³-hybridized carbons (Fsp3) is 0.143. The molecule has 1 amide bonds. The predicted molar refractivity (Wildman–Crippen MR) is 109 cm³/mol. The third-order valence-corrected chi connectivity index (χ3v) is 4.30. The lowest BCUT2D eigenvalue weighted by Crippen LogP contribution is -2.26. The maximum absolute atomic E-state index is 12.2. The van der Waals surface area contributed by atoms with Gasteiger partial charge in [-0.15, -0.1) is 0 Å². The molecule has 0 fully saturated rings. The topological polar surface area (TPSA) is 84.0 Å². The van der Waals surface area contributed by atoms with Gasteiger partial charge in [-0.2, -0.15) is 0 Å². The molecule has 0 radical (unpaired) electrons. The Hall–Kier alpha value is -3.25. The highest BCUT2D eigenvalue weighted by Gasteiger charge is 2.08. The molecule has 2 aromatic carbocycles. The zero-order valence-corrected chi connectivity index (χ0v) is 16.0. The highest BCUT2D eigenvalue weighted by molar-refractivity contribution is 6.30. The molecule has 1 aromatic heterocycles. The maximum atomic E-state index is 12.2. The van der Waals surface area contributed by atoms with E-state index in [-0.39, 0.29) is 11.7 Å². The van der Waals surface area contributed by atoms with E-state index in [9.17, 15) is 9.59 Å². The van der Waals surface area contributed by atoms with Crippen LogP contribution >= 0.6 is 11.6 Å². The molecule has 0 aliphatic heterocycles. The number of rotatable bonds is 7.